The molecule has 1 aliphatic heterocycles. The highest BCUT2D eigenvalue weighted by Gasteiger charge is 2.35. The van der Waals surface area contributed by atoms with E-state index in [-0.39, 0.29) is 18.1 Å². The van der Waals surface area contributed by atoms with Gasteiger partial charge < -0.3 is 20.2 Å². The lowest BCUT2D eigenvalue weighted by molar-refractivity contribution is 0.0358. The number of anilines is 1. The molecule has 0 bridgehead atoms. The number of rotatable bonds is 4. The van der Waals surface area contributed by atoms with E-state index in [0.717, 1.165) is 19.4 Å². The minimum absolute atomic E-state index is 0.125. The van der Waals surface area contributed by atoms with E-state index in [2.05, 4.69) is 10.2 Å². The monoisotopic (exact) mass is 359 g/mol. The summed E-state index contributed by atoms with van der Waals surface area (Å²) in [7, 11) is 4.00. The van der Waals surface area contributed by atoms with Gasteiger partial charge in [-0.2, -0.15) is 0 Å². The Hall–Kier alpha value is -1.01. The van der Waals surface area contributed by atoms with Gasteiger partial charge in [0.1, 0.15) is 0 Å². The Morgan fingerprint density at radius 2 is 1.83 bits per heavy atom. The topological polar surface area (TPSA) is 55.8 Å². The van der Waals surface area contributed by atoms with E-state index in [4.69, 9.17) is 23.2 Å². The van der Waals surface area contributed by atoms with Crippen molar-refractivity contribution in [1.29, 1.82) is 0 Å². The molecule has 1 heterocycles. The highest BCUT2D eigenvalue weighted by atomic mass is 35.5. The molecular formula is C16H23Cl2N3O2. The molecule has 1 aliphatic rings. The van der Waals surface area contributed by atoms with E-state index in [1.54, 1.807) is 23.1 Å². The number of carbonyl (C=O) groups is 1. The molecule has 128 valence electrons. The number of nitrogens with zero attached hydrogens (tertiary/aromatic N) is 2. The fraction of sp³-hybridized carbons (Fsp3) is 0.562. The number of urea groups is 1. The zero-order valence-corrected chi connectivity index (χ0v) is 15.0. The molecule has 0 aliphatic carbocycles. The first kappa shape index (κ1) is 18.3. The number of aliphatic hydroxyl groups is 1. The van der Waals surface area contributed by atoms with Crippen molar-refractivity contribution in [2.24, 2.45) is 5.41 Å². The second kappa shape index (κ2) is 7.71. The van der Waals surface area contributed by atoms with Crippen LogP contribution in [0.25, 0.3) is 0 Å². The van der Waals surface area contributed by atoms with Crippen LogP contribution in [0.15, 0.2) is 18.2 Å². The number of amides is 2. The molecule has 5 nitrogen and oxygen atoms in total. The van der Waals surface area contributed by atoms with Crippen molar-refractivity contribution in [3.63, 3.8) is 0 Å². The Morgan fingerprint density at radius 1 is 1.26 bits per heavy atom. The third kappa shape index (κ3) is 4.98. The van der Waals surface area contributed by atoms with E-state index < -0.39 is 0 Å². The average Bonchev–Trinajstić information content (AvgIpc) is 2.46. The van der Waals surface area contributed by atoms with E-state index in [1.165, 1.54) is 0 Å². The third-order valence-electron chi connectivity index (χ3n) is 4.21. The minimum atomic E-state index is -0.167. The van der Waals surface area contributed by atoms with E-state index in [1.807, 2.05) is 14.1 Å². The van der Waals surface area contributed by atoms with Gasteiger partial charge in [0.05, 0.1) is 6.61 Å². The van der Waals surface area contributed by atoms with Gasteiger partial charge in [0.2, 0.25) is 0 Å². The number of carbonyl (C=O) groups excluding carboxylic acids is 1. The van der Waals surface area contributed by atoms with Crippen LogP contribution in [0.2, 0.25) is 10.0 Å². The predicted octanol–water partition coefficient (Wildman–Crippen LogP) is 3.16. The molecule has 7 heteroatoms. The van der Waals surface area contributed by atoms with Crippen LogP contribution in [0, 0.1) is 5.41 Å². The molecule has 23 heavy (non-hydrogen) atoms. The smallest absolute Gasteiger partial charge is 0.321 e. The summed E-state index contributed by atoms with van der Waals surface area (Å²) in [4.78, 5) is 16.2. The number of piperidine rings is 1. The molecule has 1 fully saturated rings. The summed E-state index contributed by atoms with van der Waals surface area (Å²) in [5, 5.41) is 13.5. The summed E-state index contributed by atoms with van der Waals surface area (Å²) in [6.45, 7) is 2.20. The minimum Gasteiger partial charge on any atom is -0.396 e. The van der Waals surface area contributed by atoms with E-state index >= 15 is 0 Å². The summed E-state index contributed by atoms with van der Waals surface area (Å²) in [6.07, 6.45) is 1.57. The maximum Gasteiger partial charge on any atom is 0.321 e. The van der Waals surface area contributed by atoms with Gasteiger partial charge >= 0.3 is 6.03 Å². The fourth-order valence-corrected chi connectivity index (χ4v) is 3.58. The zero-order valence-electron chi connectivity index (χ0n) is 13.5. The Kier molecular flexibility index (Phi) is 6.14. The largest absolute Gasteiger partial charge is 0.396 e. The Morgan fingerprint density at radius 3 is 2.30 bits per heavy atom. The van der Waals surface area contributed by atoms with Gasteiger partial charge in [-0.1, -0.05) is 23.2 Å². The van der Waals surface area contributed by atoms with Crippen LogP contribution in [-0.2, 0) is 0 Å². The second-order valence-electron chi connectivity index (χ2n) is 6.47. The van der Waals surface area contributed by atoms with Crippen LogP contribution in [0.3, 0.4) is 0 Å². The van der Waals surface area contributed by atoms with Crippen molar-refractivity contribution in [3.8, 4) is 0 Å². The zero-order chi connectivity index (χ0) is 17.0. The van der Waals surface area contributed by atoms with Crippen molar-refractivity contribution in [2.75, 3.05) is 45.7 Å². The molecule has 0 atom stereocenters. The summed E-state index contributed by atoms with van der Waals surface area (Å²) in [5.41, 5.74) is 0.458. The SMILES string of the molecule is CN(C)CC1(CO)CCN(C(=O)Nc2cc(Cl)cc(Cl)c2)CC1. The Bertz CT molecular complexity index is 538. The molecule has 1 saturated heterocycles. The van der Waals surface area contributed by atoms with Crippen molar-refractivity contribution in [3.05, 3.63) is 28.2 Å². The molecule has 0 spiro atoms. The van der Waals surface area contributed by atoms with Gasteiger partial charge in [-0.25, -0.2) is 4.79 Å². The summed E-state index contributed by atoms with van der Waals surface area (Å²) >= 11 is 11.9. The number of nitrogens with one attached hydrogen (secondary N) is 1. The van der Waals surface area contributed by atoms with Gasteiger partial charge in [-0.15, -0.1) is 0 Å². The highest BCUT2D eigenvalue weighted by molar-refractivity contribution is 6.35. The number of hydrogen-bond donors (Lipinski definition) is 2. The average molecular weight is 360 g/mol. The molecule has 2 N–H and O–H groups in total. The Balaban J connectivity index is 1.95. The lowest BCUT2D eigenvalue weighted by atomic mass is 9.79. The molecule has 2 amide bonds. The molecule has 1 aromatic rings. The predicted molar refractivity (Wildman–Crippen MR) is 94.4 cm³/mol. The summed E-state index contributed by atoms with van der Waals surface area (Å²) in [6, 6.07) is 4.79. The normalized spacial score (nSPS) is 17.4. The molecule has 0 radical (unpaired) electrons. The van der Waals surface area contributed by atoms with Crippen LogP contribution in [0.1, 0.15) is 12.8 Å². The number of benzene rings is 1. The first-order valence-corrected chi connectivity index (χ1v) is 8.37. The molecular weight excluding hydrogens is 337 g/mol. The lowest BCUT2D eigenvalue weighted by Crippen LogP contribution is -2.49. The van der Waals surface area contributed by atoms with Crippen LogP contribution < -0.4 is 5.32 Å². The first-order valence-electron chi connectivity index (χ1n) is 7.61. The fourth-order valence-electron chi connectivity index (χ4n) is 3.05. The van der Waals surface area contributed by atoms with Gasteiger partial charge in [-0.3, -0.25) is 0 Å². The molecule has 0 unspecified atom stereocenters. The maximum absolute atomic E-state index is 12.4. The molecule has 0 aromatic heterocycles. The Labute approximate surface area is 147 Å². The van der Waals surface area contributed by atoms with Crippen LogP contribution >= 0.6 is 23.2 Å². The highest BCUT2D eigenvalue weighted by Crippen LogP contribution is 2.32. The van der Waals surface area contributed by atoms with Crippen LogP contribution in [0.5, 0.6) is 0 Å². The van der Waals surface area contributed by atoms with Gasteiger partial charge in [0, 0.05) is 40.8 Å². The van der Waals surface area contributed by atoms with Crippen molar-refractivity contribution in [2.45, 2.75) is 12.8 Å². The summed E-state index contributed by atoms with van der Waals surface area (Å²) < 4.78 is 0. The van der Waals surface area contributed by atoms with Gasteiger partial charge in [-0.05, 0) is 45.1 Å². The standard InChI is InChI=1S/C16H23Cl2N3O2/c1-20(2)10-16(11-22)3-5-21(6-4-16)15(23)19-14-8-12(17)7-13(18)9-14/h7-9,22H,3-6,10-11H2,1-2H3,(H,19,23). The second-order valence-corrected chi connectivity index (χ2v) is 7.34. The van der Waals surface area contributed by atoms with Gasteiger partial charge in [0.25, 0.3) is 0 Å². The summed E-state index contributed by atoms with van der Waals surface area (Å²) in [5.74, 6) is 0. The van der Waals surface area contributed by atoms with Crippen LogP contribution in [0.4, 0.5) is 10.5 Å². The number of aliphatic hydroxyl groups excluding tert-OH is 1. The van der Waals surface area contributed by atoms with E-state index in [9.17, 15) is 9.90 Å². The third-order valence-corrected chi connectivity index (χ3v) is 4.65. The number of likely N-dealkylation sites (tertiary alicyclic amines) is 1. The first-order chi connectivity index (χ1) is 10.8. The van der Waals surface area contributed by atoms with Crippen molar-refractivity contribution in [1.82, 2.24) is 9.80 Å². The number of hydrogen-bond acceptors (Lipinski definition) is 3. The van der Waals surface area contributed by atoms with Crippen LogP contribution in [-0.4, -0.2) is 61.3 Å². The lowest BCUT2D eigenvalue weighted by Gasteiger charge is -2.42. The van der Waals surface area contributed by atoms with Crippen molar-refractivity contribution < 1.29 is 9.90 Å². The molecule has 1 aromatic carbocycles. The van der Waals surface area contributed by atoms with E-state index in [0.29, 0.717) is 28.8 Å². The maximum atomic E-state index is 12.4. The molecule has 2 rings (SSSR count). The molecule has 0 saturated carbocycles. The van der Waals surface area contributed by atoms with Crippen molar-refractivity contribution >= 4 is 34.9 Å². The quantitative estimate of drug-likeness (QED) is 0.867. The van der Waals surface area contributed by atoms with Gasteiger partial charge in [0.15, 0.2) is 0 Å². The number of halogens is 2.